The molecule has 2 fully saturated rings. The summed E-state index contributed by atoms with van der Waals surface area (Å²) in [5.41, 5.74) is 2.68. The molecule has 0 unspecified atom stereocenters. The van der Waals surface area contributed by atoms with Crippen LogP contribution in [0.4, 0.5) is 0 Å². The number of piperazine rings is 1. The van der Waals surface area contributed by atoms with Crippen molar-refractivity contribution in [1.82, 2.24) is 10.2 Å². The van der Waals surface area contributed by atoms with E-state index in [0.717, 1.165) is 32.6 Å². The summed E-state index contributed by atoms with van der Waals surface area (Å²) in [7, 11) is 0. The lowest BCUT2D eigenvalue weighted by atomic mass is 10.0. The average Bonchev–Trinajstić information content (AvgIpc) is 3.20. The van der Waals surface area contributed by atoms with Crippen LogP contribution in [0.3, 0.4) is 0 Å². The molecule has 3 rings (SSSR count). The Morgan fingerprint density at radius 1 is 1.28 bits per heavy atom. The minimum Gasteiger partial charge on any atom is -0.340 e. The van der Waals surface area contributed by atoms with Crippen LogP contribution in [0.1, 0.15) is 23.5 Å². The molecule has 1 heterocycles. The molecule has 0 radical (unpaired) electrons. The largest absolute Gasteiger partial charge is 0.340 e. The Balaban J connectivity index is 1.67. The first-order chi connectivity index (χ1) is 8.77. The van der Waals surface area contributed by atoms with Crippen LogP contribution in [-0.2, 0) is 4.79 Å². The van der Waals surface area contributed by atoms with E-state index in [1.807, 2.05) is 4.90 Å². The molecule has 96 valence electrons. The zero-order chi connectivity index (χ0) is 12.5. The van der Waals surface area contributed by atoms with Crippen LogP contribution < -0.4 is 5.32 Å². The molecule has 1 N–H and O–H groups in total. The van der Waals surface area contributed by atoms with Crippen LogP contribution in [0.15, 0.2) is 24.3 Å². The van der Waals surface area contributed by atoms with E-state index in [0.29, 0.717) is 11.8 Å². The standard InChI is InChI=1S/C15H20N2O/c1-11-4-2-3-5-12(11)13-10-14(13)15(18)17-8-6-16-7-9-17/h2-5,13-14,16H,6-10H2,1H3/t13-,14+/m0/s1. The van der Waals surface area contributed by atoms with E-state index in [-0.39, 0.29) is 5.92 Å². The zero-order valence-corrected chi connectivity index (χ0v) is 10.9. The number of hydrogen-bond acceptors (Lipinski definition) is 2. The minimum absolute atomic E-state index is 0.240. The van der Waals surface area contributed by atoms with E-state index in [2.05, 4.69) is 36.5 Å². The molecule has 1 saturated heterocycles. The van der Waals surface area contributed by atoms with Gasteiger partial charge in [0.2, 0.25) is 5.91 Å². The van der Waals surface area contributed by atoms with Crippen molar-refractivity contribution in [3.05, 3.63) is 35.4 Å². The highest BCUT2D eigenvalue weighted by atomic mass is 16.2. The van der Waals surface area contributed by atoms with Crippen molar-refractivity contribution in [1.29, 1.82) is 0 Å². The smallest absolute Gasteiger partial charge is 0.226 e. The molecule has 3 heteroatoms. The highest BCUT2D eigenvalue weighted by Gasteiger charge is 2.46. The molecule has 3 nitrogen and oxygen atoms in total. The van der Waals surface area contributed by atoms with Gasteiger partial charge in [-0.3, -0.25) is 4.79 Å². The van der Waals surface area contributed by atoms with Gasteiger partial charge in [-0.05, 0) is 30.4 Å². The Labute approximate surface area is 108 Å². The number of carbonyl (C=O) groups is 1. The SMILES string of the molecule is Cc1ccccc1[C@@H]1C[C@H]1C(=O)N1CCNCC1. The van der Waals surface area contributed by atoms with Crippen molar-refractivity contribution < 1.29 is 4.79 Å². The summed E-state index contributed by atoms with van der Waals surface area (Å²) < 4.78 is 0. The highest BCUT2D eigenvalue weighted by molar-refractivity contribution is 5.83. The molecule has 2 aliphatic rings. The molecule has 1 saturated carbocycles. The van der Waals surface area contributed by atoms with Gasteiger partial charge in [-0.2, -0.15) is 0 Å². The highest BCUT2D eigenvalue weighted by Crippen LogP contribution is 2.49. The molecule has 1 aromatic rings. The number of nitrogens with one attached hydrogen (secondary N) is 1. The molecule has 1 amide bonds. The third-order valence-electron chi connectivity index (χ3n) is 4.12. The van der Waals surface area contributed by atoms with E-state index in [4.69, 9.17) is 0 Å². The lowest BCUT2D eigenvalue weighted by Gasteiger charge is -2.27. The van der Waals surface area contributed by atoms with Crippen molar-refractivity contribution in [3.8, 4) is 0 Å². The van der Waals surface area contributed by atoms with Gasteiger partial charge in [0, 0.05) is 32.1 Å². The van der Waals surface area contributed by atoms with Crippen LogP contribution in [0.5, 0.6) is 0 Å². The number of amides is 1. The number of nitrogens with zero attached hydrogens (tertiary/aromatic N) is 1. The van der Waals surface area contributed by atoms with Gasteiger partial charge in [-0.1, -0.05) is 24.3 Å². The summed E-state index contributed by atoms with van der Waals surface area (Å²) in [4.78, 5) is 14.4. The Morgan fingerprint density at radius 2 is 2.00 bits per heavy atom. The van der Waals surface area contributed by atoms with Crippen molar-refractivity contribution in [2.75, 3.05) is 26.2 Å². The monoisotopic (exact) mass is 244 g/mol. The molecule has 1 aliphatic carbocycles. The Morgan fingerprint density at radius 3 is 2.72 bits per heavy atom. The predicted octanol–water partition coefficient (Wildman–Crippen LogP) is 1.53. The van der Waals surface area contributed by atoms with Gasteiger partial charge in [0.25, 0.3) is 0 Å². The molecule has 0 bridgehead atoms. The lowest BCUT2D eigenvalue weighted by molar-refractivity contribution is -0.133. The molecule has 2 atom stereocenters. The van der Waals surface area contributed by atoms with E-state index < -0.39 is 0 Å². The first-order valence-electron chi connectivity index (χ1n) is 6.82. The maximum atomic E-state index is 12.4. The third kappa shape index (κ3) is 2.15. The second-order valence-electron chi connectivity index (χ2n) is 5.38. The number of aryl methyl sites for hydroxylation is 1. The second kappa shape index (κ2) is 4.73. The van der Waals surface area contributed by atoms with Gasteiger partial charge in [0.1, 0.15) is 0 Å². The van der Waals surface area contributed by atoms with Crippen molar-refractivity contribution in [2.24, 2.45) is 5.92 Å². The molecular formula is C15H20N2O. The van der Waals surface area contributed by atoms with Crippen LogP contribution in [-0.4, -0.2) is 37.0 Å². The predicted molar refractivity (Wildman–Crippen MR) is 71.5 cm³/mol. The quantitative estimate of drug-likeness (QED) is 0.855. The lowest BCUT2D eigenvalue weighted by Crippen LogP contribution is -2.47. The second-order valence-corrected chi connectivity index (χ2v) is 5.38. The van der Waals surface area contributed by atoms with Crippen LogP contribution in [0, 0.1) is 12.8 Å². The fraction of sp³-hybridized carbons (Fsp3) is 0.533. The van der Waals surface area contributed by atoms with Crippen molar-refractivity contribution in [3.63, 3.8) is 0 Å². The molecule has 1 aliphatic heterocycles. The maximum Gasteiger partial charge on any atom is 0.226 e. The summed E-state index contributed by atoms with van der Waals surface area (Å²) in [6.45, 7) is 5.76. The van der Waals surface area contributed by atoms with Crippen molar-refractivity contribution in [2.45, 2.75) is 19.3 Å². The molecular weight excluding hydrogens is 224 g/mol. The Bertz CT molecular complexity index is 452. The van der Waals surface area contributed by atoms with Crippen LogP contribution in [0.2, 0.25) is 0 Å². The average molecular weight is 244 g/mol. The van der Waals surface area contributed by atoms with E-state index in [1.54, 1.807) is 0 Å². The van der Waals surface area contributed by atoms with Crippen molar-refractivity contribution >= 4 is 5.91 Å². The topological polar surface area (TPSA) is 32.3 Å². The van der Waals surface area contributed by atoms with Gasteiger partial charge in [0.05, 0.1) is 0 Å². The van der Waals surface area contributed by atoms with Crippen LogP contribution >= 0.6 is 0 Å². The first kappa shape index (κ1) is 11.7. The van der Waals surface area contributed by atoms with Gasteiger partial charge in [-0.15, -0.1) is 0 Å². The molecule has 1 aromatic carbocycles. The number of carbonyl (C=O) groups excluding carboxylic acids is 1. The normalized spacial score (nSPS) is 27.1. The summed E-state index contributed by atoms with van der Waals surface area (Å²) in [5, 5.41) is 3.29. The fourth-order valence-electron chi connectivity index (χ4n) is 2.93. The first-order valence-corrected chi connectivity index (χ1v) is 6.82. The fourth-order valence-corrected chi connectivity index (χ4v) is 2.93. The van der Waals surface area contributed by atoms with E-state index in [9.17, 15) is 4.79 Å². The minimum atomic E-state index is 0.240. The number of benzene rings is 1. The number of hydrogen-bond donors (Lipinski definition) is 1. The van der Waals surface area contributed by atoms with Crippen LogP contribution in [0.25, 0.3) is 0 Å². The summed E-state index contributed by atoms with van der Waals surface area (Å²) in [6.07, 6.45) is 1.04. The zero-order valence-electron chi connectivity index (χ0n) is 10.9. The molecule has 0 spiro atoms. The molecule has 18 heavy (non-hydrogen) atoms. The number of rotatable bonds is 2. The van der Waals surface area contributed by atoms with Gasteiger partial charge in [-0.25, -0.2) is 0 Å². The van der Waals surface area contributed by atoms with E-state index >= 15 is 0 Å². The summed E-state index contributed by atoms with van der Waals surface area (Å²) in [6, 6.07) is 8.45. The van der Waals surface area contributed by atoms with Gasteiger partial charge < -0.3 is 10.2 Å². The Kier molecular flexibility index (Phi) is 3.08. The van der Waals surface area contributed by atoms with Gasteiger partial charge >= 0.3 is 0 Å². The van der Waals surface area contributed by atoms with E-state index in [1.165, 1.54) is 11.1 Å². The maximum absolute atomic E-state index is 12.4. The third-order valence-corrected chi connectivity index (χ3v) is 4.12. The molecule has 0 aromatic heterocycles. The van der Waals surface area contributed by atoms with Gasteiger partial charge in [0.15, 0.2) is 0 Å². The summed E-state index contributed by atoms with van der Waals surface area (Å²) in [5.74, 6) is 1.07. The Hall–Kier alpha value is -1.35. The summed E-state index contributed by atoms with van der Waals surface area (Å²) >= 11 is 0.